The van der Waals surface area contributed by atoms with E-state index in [1.54, 1.807) is 72.8 Å². The van der Waals surface area contributed by atoms with Gasteiger partial charge in [-0.25, -0.2) is 4.98 Å². The van der Waals surface area contributed by atoms with Gasteiger partial charge in [0, 0.05) is 33.3 Å². The molecule has 0 unspecified atom stereocenters. The molecule has 0 aliphatic carbocycles. The molecular weight excluding hydrogens is 494 g/mol. The summed E-state index contributed by atoms with van der Waals surface area (Å²) in [4.78, 5) is 28.1. The van der Waals surface area contributed by atoms with E-state index >= 15 is 0 Å². The molecule has 0 radical (unpaired) electrons. The smallest absolute Gasteiger partial charge is 0.273 e. The highest BCUT2D eigenvalue weighted by Gasteiger charge is 2.22. The van der Waals surface area contributed by atoms with E-state index in [-0.39, 0.29) is 29.1 Å². The van der Waals surface area contributed by atoms with Crippen LogP contribution in [0.3, 0.4) is 0 Å². The van der Waals surface area contributed by atoms with Crippen molar-refractivity contribution in [3.05, 3.63) is 118 Å². The quantitative estimate of drug-likeness (QED) is 0.184. The Labute approximate surface area is 216 Å². The molecule has 37 heavy (non-hydrogen) atoms. The molecule has 8 nitrogen and oxygen atoms in total. The topological polar surface area (TPSA) is 118 Å². The van der Waals surface area contributed by atoms with Crippen molar-refractivity contribution < 1.29 is 19.2 Å². The minimum Gasteiger partial charge on any atom is -0.507 e. The predicted molar refractivity (Wildman–Crippen MR) is 141 cm³/mol. The molecule has 0 fully saturated rings. The maximum absolute atomic E-state index is 12.9. The summed E-state index contributed by atoms with van der Waals surface area (Å²) in [6.07, 6.45) is 0. The molecule has 0 aliphatic rings. The average molecular weight is 512 g/mol. The fourth-order valence-electron chi connectivity index (χ4n) is 3.85. The molecule has 0 spiro atoms. The van der Waals surface area contributed by atoms with Crippen molar-refractivity contribution in [2.24, 2.45) is 0 Å². The molecule has 0 saturated carbocycles. The number of phenolic OH excluding ortho intramolecular Hbond substituents is 1. The van der Waals surface area contributed by atoms with E-state index < -0.39 is 4.92 Å². The second-order valence-electron chi connectivity index (χ2n) is 8.03. The van der Waals surface area contributed by atoms with Crippen LogP contribution in [0, 0.1) is 10.1 Å². The number of non-ortho nitro benzene ring substituents is 1. The summed E-state index contributed by atoms with van der Waals surface area (Å²) in [6, 6.07) is 26.5. The lowest BCUT2D eigenvalue weighted by molar-refractivity contribution is -0.384. The van der Waals surface area contributed by atoms with Gasteiger partial charge in [0.25, 0.3) is 11.6 Å². The largest absolute Gasteiger partial charge is 0.507 e. The molecule has 0 atom stereocenters. The monoisotopic (exact) mass is 511 g/mol. The number of aromatic hydroxyl groups is 1. The third-order valence-electron chi connectivity index (χ3n) is 5.65. The summed E-state index contributed by atoms with van der Waals surface area (Å²) < 4.78 is 6.08. The van der Waals surface area contributed by atoms with E-state index in [9.17, 15) is 20.0 Å². The molecule has 182 valence electrons. The maximum atomic E-state index is 12.9. The van der Waals surface area contributed by atoms with Gasteiger partial charge in [0.1, 0.15) is 11.4 Å². The molecular formula is C28H18ClN3O5. The van der Waals surface area contributed by atoms with Gasteiger partial charge in [-0.15, -0.1) is 0 Å². The standard InChI is InChI=1S/C28H18ClN3O5/c29-19-12-10-17(11-13-19)25-28(31-26(34)18-6-2-1-3-7-18)37-27(30-25)23-9-5-4-8-21(23)22-15-14-20(32(35)36)16-24(22)33/h1-16,33H,(H,31,34). The molecule has 1 heterocycles. The van der Waals surface area contributed by atoms with Crippen molar-refractivity contribution in [2.45, 2.75) is 0 Å². The van der Waals surface area contributed by atoms with Crippen LogP contribution in [0.5, 0.6) is 5.75 Å². The van der Waals surface area contributed by atoms with Crippen LogP contribution in [0.1, 0.15) is 10.4 Å². The lowest BCUT2D eigenvalue weighted by Crippen LogP contribution is -2.11. The summed E-state index contributed by atoms with van der Waals surface area (Å²) in [5.74, 6) is -0.320. The van der Waals surface area contributed by atoms with Crippen LogP contribution in [-0.4, -0.2) is 20.9 Å². The Bertz CT molecular complexity index is 1620. The van der Waals surface area contributed by atoms with Crippen molar-refractivity contribution in [3.8, 4) is 39.6 Å². The van der Waals surface area contributed by atoms with Crippen LogP contribution in [0.2, 0.25) is 5.02 Å². The number of hydrogen-bond acceptors (Lipinski definition) is 6. The zero-order valence-corrected chi connectivity index (χ0v) is 19.8. The van der Waals surface area contributed by atoms with E-state index in [1.165, 1.54) is 12.1 Å². The van der Waals surface area contributed by atoms with Gasteiger partial charge >= 0.3 is 0 Å². The number of nitrogens with zero attached hydrogens (tertiary/aromatic N) is 2. The van der Waals surface area contributed by atoms with Gasteiger partial charge in [-0.2, -0.15) is 0 Å². The second-order valence-corrected chi connectivity index (χ2v) is 8.46. The van der Waals surface area contributed by atoms with Crippen molar-refractivity contribution >= 4 is 29.1 Å². The summed E-state index contributed by atoms with van der Waals surface area (Å²) in [5.41, 5.74) is 2.69. The maximum Gasteiger partial charge on any atom is 0.273 e. The van der Waals surface area contributed by atoms with Crippen molar-refractivity contribution in [1.29, 1.82) is 0 Å². The van der Waals surface area contributed by atoms with Gasteiger partial charge in [-0.1, -0.05) is 60.1 Å². The molecule has 5 aromatic rings. The SMILES string of the molecule is O=C(Nc1oc(-c2ccccc2-c2ccc([N+](=O)[O-])cc2O)nc1-c1ccc(Cl)cc1)c1ccccc1. The molecule has 1 amide bonds. The number of nitro benzene ring substituents is 1. The number of phenols is 1. The highest BCUT2D eigenvalue weighted by atomic mass is 35.5. The number of oxazole rings is 1. The summed E-state index contributed by atoms with van der Waals surface area (Å²) in [6.45, 7) is 0. The van der Waals surface area contributed by atoms with Crippen LogP contribution < -0.4 is 5.32 Å². The first-order chi connectivity index (χ1) is 17.9. The number of carbonyl (C=O) groups is 1. The van der Waals surface area contributed by atoms with Crippen molar-refractivity contribution in [3.63, 3.8) is 0 Å². The highest BCUT2D eigenvalue weighted by molar-refractivity contribution is 6.30. The fraction of sp³-hybridized carbons (Fsp3) is 0. The first-order valence-electron chi connectivity index (χ1n) is 11.1. The lowest BCUT2D eigenvalue weighted by atomic mass is 9.98. The lowest BCUT2D eigenvalue weighted by Gasteiger charge is -2.09. The number of nitrogens with one attached hydrogen (secondary N) is 1. The number of rotatable bonds is 6. The van der Waals surface area contributed by atoms with Crippen LogP contribution >= 0.6 is 11.6 Å². The zero-order valence-electron chi connectivity index (χ0n) is 19.1. The van der Waals surface area contributed by atoms with Gasteiger partial charge in [-0.3, -0.25) is 20.2 Å². The Kier molecular flexibility index (Phi) is 6.40. The number of amides is 1. The molecule has 0 bridgehead atoms. The number of benzene rings is 4. The normalized spacial score (nSPS) is 10.7. The summed E-state index contributed by atoms with van der Waals surface area (Å²) in [5, 5.41) is 25.0. The Morgan fingerprint density at radius 2 is 1.57 bits per heavy atom. The fourth-order valence-corrected chi connectivity index (χ4v) is 3.98. The molecule has 2 N–H and O–H groups in total. The number of carbonyl (C=O) groups excluding carboxylic acids is 1. The minimum absolute atomic E-state index is 0.133. The van der Waals surface area contributed by atoms with Crippen LogP contribution in [-0.2, 0) is 0 Å². The number of hydrogen-bond donors (Lipinski definition) is 2. The number of nitro groups is 1. The zero-order chi connectivity index (χ0) is 25.9. The van der Waals surface area contributed by atoms with Gasteiger partial charge in [0.05, 0.1) is 11.0 Å². The van der Waals surface area contributed by atoms with Crippen LogP contribution in [0.15, 0.2) is 101 Å². The molecule has 5 rings (SSSR count). The third-order valence-corrected chi connectivity index (χ3v) is 5.90. The van der Waals surface area contributed by atoms with Gasteiger partial charge in [0.15, 0.2) is 0 Å². The number of halogens is 1. The summed E-state index contributed by atoms with van der Waals surface area (Å²) in [7, 11) is 0. The van der Waals surface area contributed by atoms with E-state index in [0.717, 1.165) is 6.07 Å². The minimum atomic E-state index is -0.580. The van der Waals surface area contributed by atoms with Crippen LogP contribution in [0.25, 0.3) is 33.8 Å². The second kappa shape index (κ2) is 9.96. The van der Waals surface area contributed by atoms with Gasteiger partial charge in [0.2, 0.25) is 11.8 Å². The summed E-state index contributed by atoms with van der Waals surface area (Å²) >= 11 is 6.06. The van der Waals surface area contributed by atoms with E-state index in [2.05, 4.69) is 10.3 Å². The third kappa shape index (κ3) is 4.91. The highest BCUT2D eigenvalue weighted by Crippen LogP contribution is 2.41. The van der Waals surface area contributed by atoms with Crippen LogP contribution in [0.4, 0.5) is 11.6 Å². The van der Waals surface area contributed by atoms with E-state index in [1.807, 2.05) is 6.07 Å². The number of anilines is 1. The Morgan fingerprint density at radius 1 is 0.892 bits per heavy atom. The molecule has 1 aromatic heterocycles. The molecule has 4 aromatic carbocycles. The molecule has 0 saturated heterocycles. The number of aromatic nitrogens is 1. The Hall–Kier alpha value is -4.95. The van der Waals surface area contributed by atoms with Gasteiger partial charge < -0.3 is 9.52 Å². The van der Waals surface area contributed by atoms with E-state index in [0.29, 0.717) is 38.5 Å². The van der Waals surface area contributed by atoms with Crippen molar-refractivity contribution in [1.82, 2.24) is 4.98 Å². The predicted octanol–water partition coefficient (Wildman–Crippen LogP) is 7.20. The molecule has 9 heteroatoms. The van der Waals surface area contributed by atoms with Gasteiger partial charge in [-0.05, 0) is 42.0 Å². The Balaban J connectivity index is 1.62. The van der Waals surface area contributed by atoms with Crippen molar-refractivity contribution in [2.75, 3.05) is 5.32 Å². The Morgan fingerprint density at radius 3 is 2.24 bits per heavy atom. The van der Waals surface area contributed by atoms with E-state index in [4.69, 9.17) is 16.0 Å². The molecule has 0 aliphatic heterocycles. The first kappa shape index (κ1) is 23.8. The average Bonchev–Trinajstić information content (AvgIpc) is 3.33. The first-order valence-corrected chi connectivity index (χ1v) is 11.5.